The van der Waals surface area contributed by atoms with E-state index in [9.17, 15) is 9.59 Å². The first-order valence-electron chi connectivity index (χ1n) is 11.4. The van der Waals surface area contributed by atoms with Crippen LogP contribution in [0.5, 0.6) is 0 Å². The molecule has 0 aromatic heterocycles. The van der Waals surface area contributed by atoms with Gasteiger partial charge in [-0.2, -0.15) is 0 Å². The van der Waals surface area contributed by atoms with Crippen molar-refractivity contribution in [3.8, 4) is 22.3 Å². The highest BCUT2D eigenvalue weighted by Gasteiger charge is 2.26. The number of rotatable bonds is 2. The molecule has 7 rings (SSSR count). The van der Waals surface area contributed by atoms with Gasteiger partial charge in [0.15, 0.2) is 10.9 Å². The van der Waals surface area contributed by atoms with Crippen molar-refractivity contribution in [2.45, 2.75) is 0 Å². The van der Waals surface area contributed by atoms with Crippen molar-refractivity contribution in [3.63, 3.8) is 0 Å². The normalized spacial score (nSPS) is 11.8. The SMILES string of the molecule is O=c1c2ccccc2c2c(-c3ccccc3)c3c(=O)c4ccccc4c3c(-c3ccccc3)c12. The largest absolute Gasteiger partial charge is 0.289 e. The Kier molecular flexibility index (Phi) is 3.88. The summed E-state index contributed by atoms with van der Waals surface area (Å²) in [4.78, 5) is 27.9. The summed E-state index contributed by atoms with van der Waals surface area (Å²) in [6.07, 6.45) is 0. The minimum Gasteiger partial charge on any atom is -0.289 e. The first-order valence-corrected chi connectivity index (χ1v) is 11.4. The van der Waals surface area contributed by atoms with E-state index in [0.29, 0.717) is 21.5 Å². The average molecular weight is 434 g/mol. The summed E-state index contributed by atoms with van der Waals surface area (Å²) >= 11 is 0. The van der Waals surface area contributed by atoms with Gasteiger partial charge < -0.3 is 0 Å². The minimum absolute atomic E-state index is 0.0151. The van der Waals surface area contributed by atoms with Crippen molar-refractivity contribution < 1.29 is 0 Å². The summed E-state index contributed by atoms with van der Waals surface area (Å²) in [6, 6.07) is 35.5. The summed E-state index contributed by atoms with van der Waals surface area (Å²) in [5, 5.41) is 6.28. The third-order valence-electron chi connectivity index (χ3n) is 6.96. The molecule has 0 saturated carbocycles. The van der Waals surface area contributed by atoms with Crippen LogP contribution in [0.3, 0.4) is 0 Å². The Morgan fingerprint density at radius 3 is 1.03 bits per heavy atom. The Morgan fingerprint density at radius 1 is 0.324 bits per heavy atom. The van der Waals surface area contributed by atoms with E-state index < -0.39 is 0 Å². The fourth-order valence-corrected chi connectivity index (χ4v) is 5.60. The van der Waals surface area contributed by atoms with Gasteiger partial charge >= 0.3 is 0 Å². The predicted octanol–water partition coefficient (Wildman–Crippen LogP) is 7.23. The van der Waals surface area contributed by atoms with Crippen LogP contribution in [-0.2, 0) is 0 Å². The quantitative estimate of drug-likeness (QED) is 0.288. The molecule has 7 aromatic rings. The van der Waals surface area contributed by atoms with E-state index in [1.807, 2.05) is 109 Å². The molecule has 0 unspecified atom stereocenters. The third kappa shape index (κ3) is 2.40. The van der Waals surface area contributed by atoms with Crippen molar-refractivity contribution in [2.75, 3.05) is 0 Å². The number of hydrogen-bond acceptors (Lipinski definition) is 2. The van der Waals surface area contributed by atoms with Gasteiger partial charge in [-0.25, -0.2) is 0 Å². The topological polar surface area (TPSA) is 34.1 Å². The van der Waals surface area contributed by atoms with Crippen LogP contribution < -0.4 is 10.9 Å². The van der Waals surface area contributed by atoms with Crippen LogP contribution >= 0.6 is 0 Å². The summed E-state index contributed by atoms with van der Waals surface area (Å²) < 4.78 is 0. The van der Waals surface area contributed by atoms with E-state index in [1.54, 1.807) is 0 Å². The molecule has 2 nitrogen and oxygen atoms in total. The molecule has 2 heteroatoms. The zero-order valence-electron chi connectivity index (χ0n) is 18.2. The standard InChI is InChI=1S/C32H18O2/c33-31-24-18-10-8-16-22(24)28-26(20-13-5-2-6-14-20)30-27(21-15-7-9-17-23(21)32(30)34)25(29(28)31)19-11-3-1-4-12-19/h1-18H. The highest BCUT2D eigenvalue weighted by atomic mass is 16.1. The van der Waals surface area contributed by atoms with Crippen LogP contribution in [0.2, 0.25) is 0 Å². The van der Waals surface area contributed by atoms with Crippen LogP contribution in [0.25, 0.3) is 65.3 Å². The first-order chi connectivity index (χ1) is 16.8. The predicted molar refractivity (Wildman–Crippen MR) is 142 cm³/mol. The maximum atomic E-state index is 14.0. The molecule has 0 fully saturated rings. The van der Waals surface area contributed by atoms with Crippen molar-refractivity contribution in [2.24, 2.45) is 0 Å². The molecule has 0 heterocycles. The van der Waals surface area contributed by atoms with Crippen molar-refractivity contribution in [1.29, 1.82) is 0 Å². The summed E-state index contributed by atoms with van der Waals surface area (Å²) in [5.41, 5.74) is 3.62. The van der Waals surface area contributed by atoms with Crippen LogP contribution in [0.1, 0.15) is 0 Å². The lowest BCUT2D eigenvalue weighted by atomic mass is 9.88. The number of fused-ring (bicyclic) bond motifs is 6. The molecule has 0 aliphatic rings. The van der Waals surface area contributed by atoms with E-state index in [4.69, 9.17) is 0 Å². The molecule has 0 saturated heterocycles. The first kappa shape index (κ1) is 19.0. The maximum Gasteiger partial charge on any atom is 0.194 e. The molecular formula is C32H18O2. The highest BCUT2D eigenvalue weighted by molar-refractivity contribution is 6.34. The van der Waals surface area contributed by atoms with Gasteiger partial charge in [-0.15, -0.1) is 0 Å². The van der Waals surface area contributed by atoms with E-state index >= 15 is 0 Å². The summed E-state index contributed by atoms with van der Waals surface area (Å²) in [7, 11) is 0. The zero-order chi connectivity index (χ0) is 22.8. The molecule has 0 N–H and O–H groups in total. The van der Waals surface area contributed by atoms with E-state index in [1.165, 1.54) is 0 Å². The van der Waals surface area contributed by atoms with E-state index in [-0.39, 0.29) is 10.9 Å². The smallest absolute Gasteiger partial charge is 0.194 e. The molecule has 158 valence electrons. The van der Waals surface area contributed by atoms with Gasteiger partial charge in [0.25, 0.3) is 0 Å². The summed E-state index contributed by atoms with van der Waals surface area (Å²) in [6.45, 7) is 0. The summed E-state index contributed by atoms with van der Waals surface area (Å²) in [5.74, 6) is 0. The van der Waals surface area contributed by atoms with Gasteiger partial charge in [0.05, 0.1) is 0 Å². The Hall–Kier alpha value is -4.56. The van der Waals surface area contributed by atoms with Gasteiger partial charge in [0.1, 0.15) is 0 Å². The van der Waals surface area contributed by atoms with Crippen LogP contribution in [-0.4, -0.2) is 0 Å². The molecule has 0 amide bonds. The monoisotopic (exact) mass is 434 g/mol. The minimum atomic E-state index is 0.0151. The Morgan fingerprint density at radius 2 is 0.647 bits per heavy atom. The van der Waals surface area contributed by atoms with Gasteiger partial charge in [0, 0.05) is 43.4 Å². The fraction of sp³-hybridized carbons (Fsp3) is 0. The second-order valence-corrected chi connectivity index (χ2v) is 8.73. The van der Waals surface area contributed by atoms with Gasteiger partial charge in [0.2, 0.25) is 0 Å². The highest BCUT2D eigenvalue weighted by Crippen LogP contribution is 2.47. The van der Waals surface area contributed by atoms with Crippen LogP contribution in [0.15, 0.2) is 119 Å². The Balaban J connectivity index is 1.92. The van der Waals surface area contributed by atoms with Crippen LogP contribution in [0.4, 0.5) is 0 Å². The number of hydrogen-bond donors (Lipinski definition) is 0. The molecule has 0 atom stereocenters. The third-order valence-corrected chi connectivity index (χ3v) is 6.96. The Labute approximate surface area is 195 Å². The lowest BCUT2D eigenvalue weighted by molar-refractivity contribution is 1.67. The molecular weight excluding hydrogens is 416 g/mol. The van der Waals surface area contributed by atoms with Crippen molar-refractivity contribution >= 4 is 43.1 Å². The molecule has 0 aliphatic carbocycles. The lowest BCUT2D eigenvalue weighted by Crippen LogP contribution is -2.01. The van der Waals surface area contributed by atoms with E-state index in [2.05, 4.69) is 0 Å². The molecule has 0 radical (unpaired) electrons. The Bertz CT molecular complexity index is 1830. The second-order valence-electron chi connectivity index (χ2n) is 8.73. The van der Waals surface area contributed by atoms with Gasteiger partial charge in [-0.05, 0) is 21.9 Å². The van der Waals surface area contributed by atoms with Crippen molar-refractivity contribution in [1.82, 2.24) is 0 Å². The molecule has 7 aromatic carbocycles. The fourth-order valence-electron chi connectivity index (χ4n) is 5.60. The molecule has 34 heavy (non-hydrogen) atoms. The van der Waals surface area contributed by atoms with Crippen molar-refractivity contribution in [3.05, 3.63) is 130 Å². The molecule has 0 aliphatic heterocycles. The zero-order valence-corrected chi connectivity index (χ0v) is 18.2. The van der Waals surface area contributed by atoms with E-state index in [0.717, 1.165) is 43.8 Å². The molecule has 0 spiro atoms. The second kappa shape index (κ2) is 6.97. The maximum absolute atomic E-state index is 14.0. The van der Waals surface area contributed by atoms with Gasteiger partial charge in [-0.1, -0.05) is 109 Å². The average Bonchev–Trinajstić information content (AvgIpc) is 3.36. The van der Waals surface area contributed by atoms with Crippen LogP contribution in [0, 0.1) is 0 Å². The number of benzene rings is 5. The lowest BCUT2D eigenvalue weighted by Gasteiger charge is -2.13. The van der Waals surface area contributed by atoms with Gasteiger partial charge in [-0.3, -0.25) is 9.59 Å². The molecule has 0 bridgehead atoms.